The number of aromatic nitrogens is 2. The van der Waals surface area contributed by atoms with Gasteiger partial charge in [0, 0.05) is 8.95 Å². The smallest absolute Gasteiger partial charge is 0.201 e. The summed E-state index contributed by atoms with van der Waals surface area (Å²) < 4.78 is 4.14. The maximum atomic E-state index is 6.10. The zero-order valence-corrected chi connectivity index (χ0v) is 14.0. The van der Waals surface area contributed by atoms with Gasteiger partial charge < -0.3 is 10.3 Å². The molecule has 0 saturated carbocycles. The Morgan fingerprint density at radius 1 is 1.05 bits per heavy atom. The van der Waals surface area contributed by atoms with Crippen LogP contribution in [0.5, 0.6) is 0 Å². The van der Waals surface area contributed by atoms with Gasteiger partial charge in [-0.15, -0.1) is 0 Å². The molecule has 5 heteroatoms. The molecule has 1 atom stereocenters. The normalized spacial score (nSPS) is 12.8. The van der Waals surface area contributed by atoms with E-state index in [1.807, 2.05) is 30.3 Å². The molecule has 0 aliphatic carbocycles. The minimum absolute atomic E-state index is 0.134. The summed E-state index contributed by atoms with van der Waals surface area (Å²) >= 11 is 6.92. The molecule has 0 fully saturated rings. The molecule has 0 amide bonds. The van der Waals surface area contributed by atoms with Crippen LogP contribution in [0, 0.1) is 0 Å². The number of imidazole rings is 1. The van der Waals surface area contributed by atoms with Crippen LogP contribution in [0.1, 0.15) is 18.5 Å². The lowest BCUT2D eigenvalue weighted by molar-refractivity contribution is 0.667. The molecular formula is C15H13Br2N3. The van der Waals surface area contributed by atoms with Gasteiger partial charge in [-0.3, -0.25) is 0 Å². The van der Waals surface area contributed by atoms with E-state index in [9.17, 15) is 0 Å². The van der Waals surface area contributed by atoms with E-state index in [0.717, 1.165) is 20.0 Å². The van der Waals surface area contributed by atoms with Gasteiger partial charge in [0.25, 0.3) is 0 Å². The van der Waals surface area contributed by atoms with Crippen molar-refractivity contribution in [1.82, 2.24) is 9.55 Å². The Morgan fingerprint density at radius 2 is 1.70 bits per heavy atom. The first-order valence-electron chi connectivity index (χ1n) is 6.24. The number of hydrogen-bond donors (Lipinski definition) is 1. The van der Waals surface area contributed by atoms with Crippen LogP contribution in [0.4, 0.5) is 5.95 Å². The van der Waals surface area contributed by atoms with Crippen LogP contribution in [0.25, 0.3) is 11.0 Å². The third-order valence-electron chi connectivity index (χ3n) is 3.42. The van der Waals surface area contributed by atoms with E-state index >= 15 is 0 Å². The molecule has 3 aromatic rings. The van der Waals surface area contributed by atoms with Gasteiger partial charge in [-0.05, 0) is 42.8 Å². The van der Waals surface area contributed by atoms with E-state index in [1.165, 1.54) is 5.56 Å². The minimum Gasteiger partial charge on any atom is -0.369 e. The van der Waals surface area contributed by atoms with Gasteiger partial charge in [-0.2, -0.15) is 0 Å². The van der Waals surface area contributed by atoms with Gasteiger partial charge in [0.1, 0.15) is 0 Å². The Morgan fingerprint density at radius 3 is 2.40 bits per heavy atom. The van der Waals surface area contributed by atoms with Gasteiger partial charge in [-0.1, -0.05) is 44.0 Å². The van der Waals surface area contributed by atoms with Crippen LogP contribution in [-0.4, -0.2) is 9.55 Å². The van der Waals surface area contributed by atoms with Crippen molar-refractivity contribution < 1.29 is 0 Å². The molecule has 2 N–H and O–H groups in total. The lowest BCUT2D eigenvalue weighted by atomic mass is 10.1. The van der Waals surface area contributed by atoms with Crippen LogP contribution < -0.4 is 5.73 Å². The second kappa shape index (κ2) is 5.22. The van der Waals surface area contributed by atoms with Crippen molar-refractivity contribution in [3.8, 4) is 0 Å². The summed E-state index contributed by atoms with van der Waals surface area (Å²) in [6.45, 7) is 2.13. The zero-order valence-electron chi connectivity index (χ0n) is 10.8. The Labute approximate surface area is 134 Å². The van der Waals surface area contributed by atoms with E-state index in [1.54, 1.807) is 0 Å². The maximum absolute atomic E-state index is 6.10. The molecule has 0 aliphatic heterocycles. The Balaban J connectivity index is 2.13. The van der Waals surface area contributed by atoms with Crippen LogP contribution >= 0.6 is 31.9 Å². The first-order valence-corrected chi connectivity index (χ1v) is 7.83. The lowest BCUT2D eigenvalue weighted by Gasteiger charge is -2.16. The SMILES string of the molecule is CC(c1ccc(Br)cc1)n1c(N)nc2cc(Br)ccc21. The summed E-state index contributed by atoms with van der Waals surface area (Å²) in [5, 5.41) is 0. The number of benzene rings is 2. The molecule has 20 heavy (non-hydrogen) atoms. The molecule has 0 saturated heterocycles. The first-order chi connectivity index (χ1) is 9.56. The van der Waals surface area contributed by atoms with Gasteiger partial charge in [0.2, 0.25) is 5.95 Å². The minimum atomic E-state index is 0.134. The third-order valence-corrected chi connectivity index (χ3v) is 4.44. The van der Waals surface area contributed by atoms with Crippen LogP contribution in [0.2, 0.25) is 0 Å². The average Bonchev–Trinajstić information content (AvgIpc) is 2.73. The highest BCUT2D eigenvalue weighted by Crippen LogP contribution is 2.29. The number of nitrogens with zero attached hydrogens (tertiary/aromatic N) is 2. The highest BCUT2D eigenvalue weighted by atomic mass is 79.9. The van der Waals surface area contributed by atoms with Crippen molar-refractivity contribution in [3.05, 3.63) is 57.0 Å². The number of nitrogens with two attached hydrogens (primary N) is 1. The highest BCUT2D eigenvalue weighted by Gasteiger charge is 2.15. The number of hydrogen-bond acceptors (Lipinski definition) is 2. The molecule has 0 radical (unpaired) electrons. The first kappa shape index (κ1) is 13.6. The Kier molecular flexibility index (Phi) is 3.56. The Bertz CT molecular complexity index is 763. The fraction of sp³-hybridized carbons (Fsp3) is 0.133. The summed E-state index contributed by atoms with van der Waals surface area (Å²) in [4.78, 5) is 4.44. The standard InChI is InChI=1S/C15H13Br2N3/c1-9(10-2-4-11(16)5-3-10)20-14-7-6-12(17)8-13(14)19-15(20)18/h2-9H,1H3,(H2,18,19). The van der Waals surface area contributed by atoms with E-state index in [2.05, 4.69) is 60.5 Å². The van der Waals surface area contributed by atoms with Crippen molar-refractivity contribution in [2.24, 2.45) is 0 Å². The third kappa shape index (κ3) is 2.36. The molecule has 1 heterocycles. The fourth-order valence-corrected chi connectivity index (χ4v) is 3.00. The van der Waals surface area contributed by atoms with Gasteiger partial charge in [0.15, 0.2) is 0 Å². The predicted molar refractivity (Wildman–Crippen MR) is 89.8 cm³/mol. The molecule has 0 aliphatic rings. The van der Waals surface area contributed by atoms with Crippen molar-refractivity contribution in [3.63, 3.8) is 0 Å². The molecule has 1 unspecified atom stereocenters. The second-order valence-corrected chi connectivity index (χ2v) is 6.53. The topological polar surface area (TPSA) is 43.8 Å². The van der Waals surface area contributed by atoms with Crippen molar-refractivity contribution >= 4 is 48.8 Å². The van der Waals surface area contributed by atoms with Crippen molar-refractivity contribution in [1.29, 1.82) is 0 Å². The Hall–Kier alpha value is -1.33. The molecule has 0 spiro atoms. The monoisotopic (exact) mass is 393 g/mol. The maximum Gasteiger partial charge on any atom is 0.201 e. The number of anilines is 1. The quantitative estimate of drug-likeness (QED) is 0.681. The van der Waals surface area contributed by atoms with Gasteiger partial charge in [-0.25, -0.2) is 4.98 Å². The van der Waals surface area contributed by atoms with E-state index in [4.69, 9.17) is 5.73 Å². The molecule has 0 bridgehead atoms. The summed E-state index contributed by atoms with van der Waals surface area (Å²) in [6.07, 6.45) is 0. The number of halogens is 2. The summed E-state index contributed by atoms with van der Waals surface area (Å²) in [7, 11) is 0. The number of nitrogen functional groups attached to an aromatic ring is 1. The molecule has 102 valence electrons. The van der Waals surface area contributed by atoms with Gasteiger partial charge in [0.05, 0.1) is 17.1 Å². The predicted octanol–water partition coefficient (Wildman–Crippen LogP) is 4.75. The summed E-state index contributed by atoms with van der Waals surface area (Å²) in [5.74, 6) is 0.536. The highest BCUT2D eigenvalue weighted by molar-refractivity contribution is 9.10. The van der Waals surface area contributed by atoms with Crippen LogP contribution in [0.3, 0.4) is 0 Å². The summed E-state index contributed by atoms with van der Waals surface area (Å²) in [6, 6.07) is 14.4. The molecule has 3 rings (SSSR count). The summed E-state index contributed by atoms with van der Waals surface area (Å²) in [5.41, 5.74) is 9.24. The molecule has 1 aromatic heterocycles. The van der Waals surface area contributed by atoms with E-state index < -0.39 is 0 Å². The van der Waals surface area contributed by atoms with Crippen molar-refractivity contribution in [2.45, 2.75) is 13.0 Å². The number of fused-ring (bicyclic) bond motifs is 1. The largest absolute Gasteiger partial charge is 0.369 e. The van der Waals surface area contributed by atoms with Crippen LogP contribution in [0.15, 0.2) is 51.4 Å². The van der Waals surface area contributed by atoms with Crippen molar-refractivity contribution in [2.75, 3.05) is 5.73 Å². The molecular weight excluding hydrogens is 382 g/mol. The van der Waals surface area contributed by atoms with Gasteiger partial charge >= 0.3 is 0 Å². The molecule has 3 nitrogen and oxygen atoms in total. The second-order valence-electron chi connectivity index (χ2n) is 4.70. The fourth-order valence-electron chi connectivity index (χ4n) is 2.39. The number of rotatable bonds is 2. The lowest BCUT2D eigenvalue weighted by Crippen LogP contribution is -2.10. The zero-order chi connectivity index (χ0) is 14.3. The molecule has 2 aromatic carbocycles. The van der Waals surface area contributed by atoms with E-state index in [-0.39, 0.29) is 6.04 Å². The van der Waals surface area contributed by atoms with E-state index in [0.29, 0.717) is 5.95 Å². The average molecular weight is 395 g/mol. The van der Waals surface area contributed by atoms with Crippen LogP contribution in [-0.2, 0) is 0 Å².